The van der Waals surface area contributed by atoms with Gasteiger partial charge in [-0.25, -0.2) is 8.42 Å². The maximum absolute atomic E-state index is 12.2. The SMILES string of the molecule is NC(P(=O)(O)O)(P(=O)(O)O)S(=O)(=O)c1ccc(Cl)c(Cl)c1. The third-order valence-corrected chi connectivity index (χ3v) is 10.9. The number of sulfone groups is 1. The summed E-state index contributed by atoms with van der Waals surface area (Å²) in [6.07, 6.45) is 0. The molecule has 1 aromatic rings. The predicted molar refractivity (Wildman–Crippen MR) is 74.7 cm³/mol. The Labute approximate surface area is 128 Å². The molecule has 6 N–H and O–H groups in total. The fraction of sp³-hybridized carbons (Fsp3) is 0.143. The second-order valence-electron chi connectivity index (χ2n) is 3.83. The van der Waals surface area contributed by atoms with Crippen LogP contribution in [-0.2, 0) is 19.0 Å². The van der Waals surface area contributed by atoms with Crippen molar-refractivity contribution in [1.82, 2.24) is 0 Å². The standard InChI is InChI=1S/C7H9Cl2NO8P2S/c8-5-2-1-4(3-6(5)9)21(17,18)7(10,19(11,12)13)20(14,15)16/h1-3H,10H2,(H2,11,12,13)(H2,14,15,16). The molecule has 0 amide bonds. The van der Waals surface area contributed by atoms with Crippen molar-refractivity contribution in [2.75, 3.05) is 0 Å². The van der Waals surface area contributed by atoms with Gasteiger partial charge < -0.3 is 19.6 Å². The van der Waals surface area contributed by atoms with Crippen molar-refractivity contribution in [2.24, 2.45) is 5.73 Å². The van der Waals surface area contributed by atoms with Gasteiger partial charge in [0, 0.05) is 0 Å². The number of hydrogen-bond acceptors (Lipinski definition) is 5. The van der Waals surface area contributed by atoms with Gasteiger partial charge >= 0.3 is 19.5 Å². The van der Waals surface area contributed by atoms with Gasteiger partial charge in [-0.15, -0.1) is 0 Å². The van der Waals surface area contributed by atoms with E-state index in [4.69, 9.17) is 48.5 Å². The average molecular weight is 400 g/mol. The molecule has 120 valence electrons. The van der Waals surface area contributed by atoms with Crippen molar-refractivity contribution in [3.8, 4) is 0 Å². The maximum atomic E-state index is 12.2. The van der Waals surface area contributed by atoms with E-state index in [1.54, 1.807) is 0 Å². The minimum absolute atomic E-state index is 0.0782. The molecule has 14 heteroatoms. The van der Waals surface area contributed by atoms with Gasteiger partial charge in [0.1, 0.15) is 0 Å². The van der Waals surface area contributed by atoms with Crippen LogP contribution in [0, 0.1) is 0 Å². The lowest BCUT2D eigenvalue weighted by molar-refractivity contribution is 0.329. The largest absolute Gasteiger partial charge is 0.373 e. The monoisotopic (exact) mass is 399 g/mol. The van der Waals surface area contributed by atoms with E-state index in [0.717, 1.165) is 12.1 Å². The normalized spacial score (nSPS) is 14.2. The molecule has 0 atom stereocenters. The van der Waals surface area contributed by atoms with Crippen LogP contribution in [0.25, 0.3) is 0 Å². The molecule has 1 aromatic carbocycles. The van der Waals surface area contributed by atoms with Gasteiger partial charge in [0.25, 0.3) is 0 Å². The zero-order valence-corrected chi connectivity index (χ0v) is 13.9. The van der Waals surface area contributed by atoms with Crippen LogP contribution in [0.3, 0.4) is 0 Å². The Hall–Kier alpha value is 0.0100. The average Bonchev–Trinajstić information content (AvgIpc) is 2.28. The highest BCUT2D eigenvalue weighted by Gasteiger charge is 2.67. The summed E-state index contributed by atoms with van der Waals surface area (Å²) >= 11 is 11.1. The summed E-state index contributed by atoms with van der Waals surface area (Å²) in [5.41, 5.74) is 4.96. The summed E-state index contributed by atoms with van der Waals surface area (Å²) in [6.45, 7) is 0. The van der Waals surface area contributed by atoms with Crippen molar-refractivity contribution in [1.29, 1.82) is 0 Å². The zero-order chi connectivity index (χ0) is 16.9. The Bertz CT molecular complexity index is 747. The van der Waals surface area contributed by atoms with E-state index >= 15 is 0 Å². The molecule has 1 rings (SSSR count). The molecule has 0 aliphatic rings. The highest BCUT2D eigenvalue weighted by atomic mass is 35.5. The Morgan fingerprint density at radius 2 is 1.43 bits per heavy atom. The molecule has 0 aliphatic heterocycles. The van der Waals surface area contributed by atoms with Crippen molar-refractivity contribution in [3.05, 3.63) is 28.2 Å². The molecular weight excluding hydrogens is 391 g/mol. The lowest BCUT2D eigenvalue weighted by Crippen LogP contribution is -2.47. The van der Waals surface area contributed by atoms with Crippen LogP contribution in [0.5, 0.6) is 0 Å². The van der Waals surface area contributed by atoms with Crippen molar-refractivity contribution >= 4 is 48.2 Å². The van der Waals surface area contributed by atoms with Gasteiger partial charge in [0.2, 0.25) is 9.84 Å². The van der Waals surface area contributed by atoms with Crippen molar-refractivity contribution in [3.63, 3.8) is 0 Å². The molecule has 21 heavy (non-hydrogen) atoms. The van der Waals surface area contributed by atoms with Crippen LogP contribution in [0.1, 0.15) is 0 Å². The van der Waals surface area contributed by atoms with Crippen molar-refractivity contribution < 1.29 is 37.1 Å². The highest BCUT2D eigenvalue weighted by molar-refractivity contribution is 8.07. The van der Waals surface area contributed by atoms with E-state index in [-0.39, 0.29) is 10.0 Å². The minimum atomic E-state index is -5.97. The molecule has 0 saturated heterocycles. The highest BCUT2D eigenvalue weighted by Crippen LogP contribution is 2.69. The summed E-state index contributed by atoms with van der Waals surface area (Å²) in [4.78, 5) is 35.3. The predicted octanol–water partition coefficient (Wildman–Crippen LogP) is 0.692. The van der Waals surface area contributed by atoms with Gasteiger partial charge in [0.05, 0.1) is 14.9 Å². The maximum Gasteiger partial charge on any atom is 0.373 e. The first kappa shape index (κ1) is 19.1. The zero-order valence-electron chi connectivity index (χ0n) is 9.79. The second-order valence-corrected chi connectivity index (χ2v) is 11.3. The lowest BCUT2D eigenvalue weighted by Gasteiger charge is -2.29. The number of halogens is 2. The molecule has 0 heterocycles. The summed E-state index contributed by atoms with van der Waals surface area (Å²) in [5, 5.41) is -0.387. The molecular formula is C7H9Cl2NO8P2S. The fourth-order valence-electron chi connectivity index (χ4n) is 1.30. The summed E-state index contributed by atoms with van der Waals surface area (Å²) < 4.78 is 42.9. The summed E-state index contributed by atoms with van der Waals surface area (Å²) in [6, 6.07) is 2.40. The molecule has 0 radical (unpaired) electrons. The number of hydrogen-bond donors (Lipinski definition) is 5. The van der Waals surface area contributed by atoms with Crippen LogP contribution >= 0.6 is 38.4 Å². The van der Waals surface area contributed by atoms with E-state index in [2.05, 4.69) is 0 Å². The van der Waals surface area contributed by atoms with Crippen LogP contribution in [-0.4, -0.2) is 32.3 Å². The summed E-state index contributed by atoms with van der Waals surface area (Å²) in [7, 11) is -17.3. The molecule has 0 aliphatic carbocycles. The van der Waals surface area contributed by atoms with Gasteiger partial charge in [0.15, 0.2) is 0 Å². The molecule has 0 saturated carbocycles. The van der Waals surface area contributed by atoms with E-state index in [9.17, 15) is 17.5 Å². The Kier molecular flexibility index (Phi) is 5.06. The topological polar surface area (TPSA) is 175 Å². The van der Waals surface area contributed by atoms with Crippen LogP contribution in [0.15, 0.2) is 23.1 Å². The first-order chi connectivity index (χ1) is 9.16. The molecule has 0 fully saturated rings. The lowest BCUT2D eigenvalue weighted by atomic mass is 10.4. The van der Waals surface area contributed by atoms with E-state index in [0.29, 0.717) is 6.07 Å². The van der Waals surface area contributed by atoms with Crippen LogP contribution in [0.4, 0.5) is 0 Å². The number of nitrogens with two attached hydrogens (primary N) is 1. The molecule has 0 aromatic heterocycles. The van der Waals surface area contributed by atoms with Crippen molar-refractivity contribution in [2.45, 2.75) is 9.25 Å². The molecule has 9 nitrogen and oxygen atoms in total. The first-order valence-corrected chi connectivity index (χ1v) is 10.2. The van der Waals surface area contributed by atoms with E-state index in [1.165, 1.54) is 0 Å². The van der Waals surface area contributed by atoms with Gasteiger partial charge in [-0.05, 0) is 18.2 Å². The Balaban J connectivity index is 3.77. The molecule has 0 unspecified atom stereocenters. The van der Waals surface area contributed by atoms with Gasteiger partial charge in [-0.1, -0.05) is 23.2 Å². The van der Waals surface area contributed by atoms with Gasteiger partial charge in [-0.3, -0.25) is 14.9 Å². The van der Waals surface area contributed by atoms with E-state index in [1.807, 2.05) is 0 Å². The summed E-state index contributed by atoms with van der Waals surface area (Å²) in [5.74, 6) is 0. The second kappa shape index (κ2) is 5.58. The van der Waals surface area contributed by atoms with Crippen LogP contribution < -0.4 is 5.73 Å². The molecule has 0 spiro atoms. The molecule has 0 bridgehead atoms. The first-order valence-electron chi connectivity index (χ1n) is 4.76. The Morgan fingerprint density at radius 3 is 1.76 bits per heavy atom. The third kappa shape index (κ3) is 3.07. The van der Waals surface area contributed by atoms with E-state index < -0.39 is 34.3 Å². The third-order valence-electron chi connectivity index (χ3n) is 2.43. The Morgan fingerprint density at radius 1 is 1.00 bits per heavy atom. The smallest absolute Gasteiger partial charge is 0.322 e. The minimum Gasteiger partial charge on any atom is -0.322 e. The van der Waals surface area contributed by atoms with Gasteiger partial charge in [-0.2, -0.15) is 0 Å². The quantitative estimate of drug-likeness (QED) is 0.455. The number of rotatable bonds is 4. The fourth-order valence-corrected chi connectivity index (χ4v) is 7.03. The number of benzene rings is 1. The van der Waals surface area contributed by atoms with Crippen LogP contribution in [0.2, 0.25) is 10.0 Å².